The summed E-state index contributed by atoms with van der Waals surface area (Å²) in [5.74, 6) is -3.78. The number of hydrogen-bond acceptors (Lipinski definition) is 6. The van der Waals surface area contributed by atoms with Crippen molar-refractivity contribution in [2.75, 3.05) is 7.05 Å². The summed E-state index contributed by atoms with van der Waals surface area (Å²) in [6.45, 7) is 5.08. The minimum atomic E-state index is -5.08. The summed E-state index contributed by atoms with van der Waals surface area (Å²) < 4.78 is 46.5. The van der Waals surface area contributed by atoms with Gasteiger partial charge in [0.25, 0.3) is 0 Å². The van der Waals surface area contributed by atoms with Gasteiger partial charge in [0.05, 0.1) is 5.41 Å². The Morgan fingerprint density at radius 3 is 2.18 bits per heavy atom. The quantitative estimate of drug-likeness (QED) is 0.557. The van der Waals surface area contributed by atoms with Crippen LogP contribution in [0.3, 0.4) is 0 Å². The monoisotopic (exact) mass is 489 g/mol. The van der Waals surface area contributed by atoms with Gasteiger partial charge in [0, 0.05) is 19.0 Å². The maximum atomic E-state index is 14.8. The van der Waals surface area contributed by atoms with Crippen LogP contribution in [-0.2, 0) is 26.3 Å². The number of guanidine groups is 1. The molecule has 34 heavy (non-hydrogen) atoms. The van der Waals surface area contributed by atoms with Crippen molar-refractivity contribution in [3.63, 3.8) is 0 Å². The molecule has 0 radical (unpaired) electrons. The van der Waals surface area contributed by atoms with Crippen molar-refractivity contribution in [1.82, 2.24) is 4.90 Å². The average molecular weight is 489 g/mol. The maximum absolute atomic E-state index is 14.8. The van der Waals surface area contributed by atoms with Gasteiger partial charge in [-0.15, -0.1) is 0 Å². The first kappa shape index (κ1) is 27.2. The van der Waals surface area contributed by atoms with E-state index in [0.717, 1.165) is 6.42 Å². The van der Waals surface area contributed by atoms with Crippen LogP contribution in [0.1, 0.15) is 51.2 Å². The molecule has 12 heteroatoms. The summed E-state index contributed by atoms with van der Waals surface area (Å²) in [5, 5.41) is 17.4. The third kappa shape index (κ3) is 4.91. The van der Waals surface area contributed by atoms with Crippen LogP contribution in [0.15, 0.2) is 23.2 Å². The molecule has 0 spiro atoms. The molecule has 1 amide bonds. The Morgan fingerprint density at radius 1 is 1.21 bits per heavy atom. The number of carboxylic acids is 1. The Kier molecular flexibility index (Phi) is 7.18. The number of nitrogens with two attached hydrogens (primary N) is 1. The van der Waals surface area contributed by atoms with Crippen LogP contribution in [0.5, 0.6) is 0 Å². The van der Waals surface area contributed by atoms with E-state index in [-0.39, 0.29) is 29.6 Å². The number of aliphatic carboxylic acids is 1. The molecule has 0 saturated heterocycles. The van der Waals surface area contributed by atoms with E-state index in [1.807, 2.05) is 0 Å². The number of hydrogen-bond donors (Lipinski definition) is 3. The zero-order valence-electron chi connectivity index (χ0n) is 19.2. The molecule has 188 valence electrons. The van der Waals surface area contributed by atoms with E-state index >= 15 is 0 Å². The Bertz CT molecular complexity index is 1030. The number of alkyl halides is 3. The summed E-state index contributed by atoms with van der Waals surface area (Å²) in [7, 11) is 1.53. The second-order valence-corrected chi connectivity index (χ2v) is 9.13. The molecule has 1 aromatic rings. The minimum absolute atomic E-state index is 0.00728. The number of carbonyl (C=O) groups is 3. The van der Waals surface area contributed by atoms with Gasteiger partial charge in [-0.3, -0.25) is 14.5 Å². The number of carboxylic acid groups (broad SMARTS) is 1. The lowest BCUT2D eigenvalue weighted by Crippen LogP contribution is -2.58. The second kappa shape index (κ2) is 8.97. The molecule has 1 aliphatic heterocycles. The Balaban J connectivity index is 0.000000509. The fourth-order valence-corrected chi connectivity index (χ4v) is 3.77. The van der Waals surface area contributed by atoms with Gasteiger partial charge < -0.3 is 15.9 Å². The fraction of sp³-hybridized carbons (Fsp3) is 0.545. The molecular formula is C22H27F4N3O5. The summed E-state index contributed by atoms with van der Waals surface area (Å²) >= 11 is 0. The fourth-order valence-electron chi connectivity index (χ4n) is 3.77. The second-order valence-electron chi connectivity index (χ2n) is 9.13. The molecule has 0 unspecified atom stereocenters. The molecule has 1 atom stereocenters. The van der Waals surface area contributed by atoms with Gasteiger partial charge in [-0.05, 0) is 57.7 Å². The van der Waals surface area contributed by atoms with Crippen molar-refractivity contribution in [2.45, 2.75) is 63.8 Å². The molecule has 1 fully saturated rings. The van der Waals surface area contributed by atoms with E-state index in [1.54, 1.807) is 26.8 Å². The first-order valence-electron chi connectivity index (χ1n) is 10.3. The number of nitrogens with zero attached hydrogens (tertiary/aromatic N) is 2. The van der Waals surface area contributed by atoms with Gasteiger partial charge in [0.15, 0.2) is 11.7 Å². The summed E-state index contributed by atoms with van der Waals surface area (Å²) in [6, 6.07) is 4.37. The molecule has 1 aliphatic carbocycles. The number of Topliss-reactive ketones (excluding diaryl/α,β-unsaturated/α-hetero) is 1. The summed E-state index contributed by atoms with van der Waals surface area (Å²) in [5.41, 5.74) is 3.16. The molecule has 8 nitrogen and oxygen atoms in total. The average Bonchev–Trinajstić information content (AvgIpc) is 2.70. The van der Waals surface area contributed by atoms with Crippen molar-refractivity contribution < 1.29 is 42.2 Å². The van der Waals surface area contributed by atoms with Crippen molar-refractivity contribution >= 4 is 23.6 Å². The highest BCUT2D eigenvalue weighted by Crippen LogP contribution is 2.47. The number of rotatable bonds is 4. The number of halogens is 4. The highest BCUT2D eigenvalue weighted by Gasteiger charge is 2.54. The maximum Gasteiger partial charge on any atom is 0.490 e. The Hall–Kier alpha value is -3.02. The topological polar surface area (TPSA) is 133 Å². The number of carbonyl (C=O) groups excluding carboxylic acids is 2. The van der Waals surface area contributed by atoms with Gasteiger partial charge in [0.1, 0.15) is 17.0 Å². The van der Waals surface area contributed by atoms with E-state index in [0.29, 0.717) is 18.4 Å². The minimum Gasteiger partial charge on any atom is -0.475 e. The zero-order valence-corrected chi connectivity index (χ0v) is 19.2. The molecule has 4 N–H and O–H groups in total. The normalized spacial score (nSPS) is 23.3. The van der Waals surface area contributed by atoms with Crippen molar-refractivity contribution in [3.8, 4) is 0 Å². The van der Waals surface area contributed by atoms with Crippen LogP contribution in [0.4, 0.5) is 17.6 Å². The van der Waals surface area contributed by atoms with Crippen molar-refractivity contribution in [2.24, 2.45) is 16.1 Å². The van der Waals surface area contributed by atoms with Gasteiger partial charge in [-0.2, -0.15) is 13.2 Å². The lowest BCUT2D eigenvalue weighted by atomic mass is 9.67. The van der Waals surface area contributed by atoms with Crippen LogP contribution < -0.4 is 5.73 Å². The van der Waals surface area contributed by atoms with Crippen LogP contribution in [-0.4, -0.2) is 57.6 Å². The molecule has 1 aromatic carbocycles. The van der Waals surface area contributed by atoms with E-state index in [2.05, 4.69) is 4.99 Å². The number of amides is 1. The molecule has 1 heterocycles. The number of ketones is 1. The molecule has 0 bridgehead atoms. The predicted octanol–water partition coefficient (Wildman–Crippen LogP) is 2.51. The molecular weight excluding hydrogens is 462 g/mol. The third-order valence-corrected chi connectivity index (χ3v) is 6.60. The number of benzene rings is 1. The van der Waals surface area contributed by atoms with E-state index in [9.17, 15) is 32.3 Å². The first-order valence-corrected chi connectivity index (χ1v) is 10.3. The lowest BCUT2D eigenvalue weighted by Gasteiger charge is -2.46. The smallest absolute Gasteiger partial charge is 0.475 e. The standard InChI is InChI=1S/C20H26FN3O3.C2HF3O2/c1-18(2)16(26)24(4)17(22)23-19(18,3)13-10-12(6-7-14(13)21)11-15(25)20(27)8-5-9-20;3-2(4,5)1(6)7/h6-7,10,27H,5,8-9,11H2,1-4H3,(H2,22,23);(H,6,7)/t19-;/m1./s1. The first-order chi connectivity index (χ1) is 15.4. The SMILES string of the molecule is CN1C(=O)C(C)(C)[C@@](C)(c2cc(CC(=O)C3(O)CCC3)ccc2F)N=C1N.O=C(O)C(F)(F)F. The van der Waals surface area contributed by atoms with Gasteiger partial charge >= 0.3 is 12.1 Å². The molecule has 3 rings (SSSR count). The van der Waals surface area contributed by atoms with Crippen LogP contribution in [0.2, 0.25) is 0 Å². The molecule has 1 saturated carbocycles. The van der Waals surface area contributed by atoms with Gasteiger partial charge in [-0.25, -0.2) is 14.2 Å². The highest BCUT2D eigenvalue weighted by molar-refractivity contribution is 6.01. The Morgan fingerprint density at radius 2 is 1.74 bits per heavy atom. The van der Waals surface area contributed by atoms with Crippen molar-refractivity contribution in [1.29, 1.82) is 0 Å². The zero-order chi connectivity index (χ0) is 26.3. The third-order valence-electron chi connectivity index (χ3n) is 6.60. The van der Waals surface area contributed by atoms with Crippen LogP contribution in [0, 0.1) is 11.2 Å². The largest absolute Gasteiger partial charge is 0.490 e. The van der Waals surface area contributed by atoms with Gasteiger partial charge in [0.2, 0.25) is 5.91 Å². The summed E-state index contributed by atoms with van der Waals surface area (Å²) in [4.78, 5) is 39.8. The van der Waals surface area contributed by atoms with E-state index < -0.39 is 34.5 Å². The number of aliphatic imine (C=N–C) groups is 1. The van der Waals surface area contributed by atoms with Gasteiger partial charge in [-0.1, -0.05) is 6.07 Å². The Labute approximate surface area is 193 Å². The number of aliphatic hydroxyl groups is 1. The lowest BCUT2D eigenvalue weighted by molar-refractivity contribution is -0.192. The molecule has 2 aliphatic rings. The van der Waals surface area contributed by atoms with Crippen molar-refractivity contribution in [3.05, 3.63) is 35.1 Å². The summed E-state index contributed by atoms with van der Waals surface area (Å²) in [6.07, 6.45) is -3.32. The van der Waals surface area contributed by atoms with Crippen LogP contribution in [0.25, 0.3) is 0 Å². The predicted molar refractivity (Wildman–Crippen MR) is 113 cm³/mol. The van der Waals surface area contributed by atoms with E-state index in [1.165, 1.54) is 24.1 Å². The molecule has 0 aromatic heterocycles. The van der Waals surface area contributed by atoms with E-state index in [4.69, 9.17) is 15.6 Å². The highest BCUT2D eigenvalue weighted by atomic mass is 19.4. The van der Waals surface area contributed by atoms with Crippen LogP contribution >= 0.6 is 0 Å².